The quantitative estimate of drug-likeness (QED) is 0.664. The highest BCUT2D eigenvalue weighted by Crippen LogP contribution is 2.26. The minimum absolute atomic E-state index is 0.226. The highest BCUT2D eigenvalue weighted by molar-refractivity contribution is 5.92. The van der Waals surface area contributed by atoms with E-state index in [4.69, 9.17) is 4.42 Å². The smallest absolute Gasteiger partial charge is 0.295 e. The van der Waals surface area contributed by atoms with E-state index in [1.54, 1.807) is 29.3 Å². The van der Waals surface area contributed by atoms with Crippen molar-refractivity contribution in [3.05, 3.63) is 57.7 Å². The molecule has 3 rings (SSSR count). The lowest BCUT2D eigenvalue weighted by Crippen LogP contribution is -2.24. The predicted octanol–water partition coefficient (Wildman–Crippen LogP) is 3.04. The van der Waals surface area contributed by atoms with E-state index < -0.39 is 0 Å². The fourth-order valence-corrected chi connectivity index (χ4v) is 2.97. The van der Waals surface area contributed by atoms with Crippen LogP contribution in [0.15, 0.2) is 39.3 Å². The molecule has 0 saturated carbocycles. The Morgan fingerprint density at radius 2 is 1.96 bits per heavy atom. The van der Waals surface area contributed by atoms with Crippen molar-refractivity contribution < 1.29 is 9.21 Å². The summed E-state index contributed by atoms with van der Waals surface area (Å²) in [6.45, 7) is 8.13. The molecule has 142 valence electrons. The predicted molar refractivity (Wildman–Crippen MR) is 104 cm³/mol. The van der Waals surface area contributed by atoms with Gasteiger partial charge in [-0.2, -0.15) is 0 Å². The summed E-state index contributed by atoms with van der Waals surface area (Å²) in [7, 11) is 3.31. The number of carbonyl (C=O) groups excluding carboxylic acids is 1. The first-order chi connectivity index (χ1) is 12.7. The molecule has 0 aliphatic rings. The molecule has 1 amide bonds. The van der Waals surface area contributed by atoms with Gasteiger partial charge in [0.25, 0.3) is 11.5 Å². The highest BCUT2D eigenvalue weighted by atomic mass is 16.3. The van der Waals surface area contributed by atoms with Gasteiger partial charge in [-0.05, 0) is 33.8 Å². The van der Waals surface area contributed by atoms with Crippen LogP contribution in [0.25, 0.3) is 16.9 Å². The van der Waals surface area contributed by atoms with Crippen molar-refractivity contribution in [3.8, 4) is 11.3 Å². The molecule has 0 radical (unpaired) electrons. The summed E-state index contributed by atoms with van der Waals surface area (Å²) in [5.41, 5.74) is 2.90. The van der Waals surface area contributed by atoms with Gasteiger partial charge in [0.05, 0.1) is 5.69 Å². The zero-order valence-corrected chi connectivity index (χ0v) is 16.5. The summed E-state index contributed by atoms with van der Waals surface area (Å²) in [5, 5.41) is 0. The largest absolute Gasteiger partial charge is 0.466 e. The Kier molecular flexibility index (Phi) is 4.78. The molecule has 0 aromatic carbocycles. The summed E-state index contributed by atoms with van der Waals surface area (Å²) in [5.74, 6) is 1.27. The van der Waals surface area contributed by atoms with Gasteiger partial charge < -0.3 is 9.32 Å². The van der Waals surface area contributed by atoms with Gasteiger partial charge in [-0.1, -0.05) is 11.6 Å². The molecular formula is C20H24N4O3. The van der Waals surface area contributed by atoms with Crippen molar-refractivity contribution in [3.63, 3.8) is 0 Å². The van der Waals surface area contributed by atoms with Crippen molar-refractivity contribution in [1.82, 2.24) is 18.9 Å². The number of nitrogens with zero attached hydrogens (tertiary/aromatic N) is 4. The van der Waals surface area contributed by atoms with Gasteiger partial charge in [0, 0.05) is 38.6 Å². The minimum atomic E-state index is -0.249. The SMILES string of the molecule is CC(C)=CCn1c(-c2cc(C)oc2C)cn2cc(C(=O)N(C)C)nc2c1=O. The van der Waals surface area contributed by atoms with E-state index in [1.165, 1.54) is 4.90 Å². The molecule has 0 saturated heterocycles. The molecule has 0 spiro atoms. The lowest BCUT2D eigenvalue weighted by atomic mass is 10.1. The van der Waals surface area contributed by atoms with Crippen LogP contribution >= 0.6 is 0 Å². The first kappa shape index (κ1) is 18.7. The van der Waals surface area contributed by atoms with Crippen molar-refractivity contribution >= 4 is 11.6 Å². The van der Waals surface area contributed by atoms with Crippen LogP contribution in [0.2, 0.25) is 0 Å². The van der Waals surface area contributed by atoms with Crippen LogP contribution in [-0.2, 0) is 6.54 Å². The maximum Gasteiger partial charge on any atom is 0.295 e. The number of allylic oxidation sites excluding steroid dienone is 2. The zero-order chi connectivity index (χ0) is 19.9. The third kappa shape index (κ3) is 3.45. The zero-order valence-electron chi connectivity index (χ0n) is 16.5. The third-order valence-corrected chi connectivity index (χ3v) is 4.35. The lowest BCUT2D eigenvalue weighted by Gasteiger charge is -2.11. The fourth-order valence-electron chi connectivity index (χ4n) is 2.97. The Bertz CT molecular complexity index is 1110. The molecule has 27 heavy (non-hydrogen) atoms. The first-order valence-corrected chi connectivity index (χ1v) is 8.74. The molecule has 3 aromatic heterocycles. The van der Waals surface area contributed by atoms with Crippen molar-refractivity contribution in [1.29, 1.82) is 0 Å². The molecule has 0 atom stereocenters. The van der Waals surface area contributed by atoms with Gasteiger partial charge in [0.15, 0.2) is 0 Å². The van der Waals surface area contributed by atoms with E-state index in [0.717, 1.165) is 28.4 Å². The Hall–Kier alpha value is -3.09. The maximum absolute atomic E-state index is 13.2. The summed E-state index contributed by atoms with van der Waals surface area (Å²) < 4.78 is 8.94. The van der Waals surface area contributed by atoms with Crippen molar-refractivity contribution in [2.75, 3.05) is 14.1 Å². The minimum Gasteiger partial charge on any atom is -0.466 e. The Morgan fingerprint density at radius 1 is 1.26 bits per heavy atom. The number of hydrogen-bond donors (Lipinski definition) is 0. The molecule has 7 heteroatoms. The van der Waals surface area contributed by atoms with Crippen LogP contribution in [0.4, 0.5) is 0 Å². The Labute approximate surface area is 157 Å². The fraction of sp³-hybridized carbons (Fsp3) is 0.350. The summed E-state index contributed by atoms with van der Waals surface area (Å²) in [6, 6.07) is 1.91. The van der Waals surface area contributed by atoms with Gasteiger partial charge in [0.2, 0.25) is 5.65 Å². The third-order valence-electron chi connectivity index (χ3n) is 4.35. The molecule has 0 aliphatic carbocycles. The second kappa shape index (κ2) is 6.90. The molecular weight excluding hydrogens is 344 g/mol. The topological polar surface area (TPSA) is 72.8 Å². The van der Waals surface area contributed by atoms with Crippen LogP contribution in [0, 0.1) is 13.8 Å². The van der Waals surface area contributed by atoms with Crippen molar-refractivity contribution in [2.24, 2.45) is 0 Å². The molecule has 0 fully saturated rings. The standard InChI is InChI=1S/C20H24N4O3/c1-12(2)7-8-24-17(15-9-13(3)27-14(15)4)11-23-10-16(19(25)22(5)6)21-18(23)20(24)26/h7,9-11H,8H2,1-6H3. The number of aryl methyl sites for hydroxylation is 2. The van der Waals surface area contributed by atoms with Gasteiger partial charge in [0.1, 0.15) is 17.2 Å². The van der Waals surface area contributed by atoms with Gasteiger partial charge in [-0.3, -0.25) is 18.6 Å². The van der Waals surface area contributed by atoms with Gasteiger partial charge >= 0.3 is 0 Å². The molecule has 0 bridgehead atoms. The van der Waals surface area contributed by atoms with E-state index in [9.17, 15) is 9.59 Å². The molecule has 0 aliphatic heterocycles. The Morgan fingerprint density at radius 3 is 2.52 bits per heavy atom. The molecule has 0 unspecified atom stereocenters. The van der Waals surface area contributed by atoms with E-state index in [1.807, 2.05) is 46.0 Å². The second-order valence-corrected chi connectivity index (χ2v) is 7.10. The second-order valence-electron chi connectivity index (χ2n) is 7.10. The van der Waals surface area contributed by atoms with E-state index in [-0.39, 0.29) is 22.8 Å². The molecule has 7 nitrogen and oxygen atoms in total. The van der Waals surface area contributed by atoms with E-state index in [2.05, 4.69) is 4.98 Å². The Balaban J connectivity index is 2.30. The van der Waals surface area contributed by atoms with Crippen LogP contribution in [0.1, 0.15) is 35.9 Å². The molecule has 0 N–H and O–H groups in total. The van der Waals surface area contributed by atoms with E-state index >= 15 is 0 Å². The van der Waals surface area contributed by atoms with Gasteiger partial charge in [-0.15, -0.1) is 0 Å². The first-order valence-electron chi connectivity index (χ1n) is 8.74. The summed E-state index contributed by atoms with van der Waals surface area (Å²) in [4.78, 5) is 31.1. The summed E-state index contributed by atoms with van der Waals surface area (Å²) >= 11 is 0. The summed E-state index contributed by atoms with van der Waals surface area (Å²) in [6.07, 6.45) is 5.40. The van der Waals surface area contributed by atoms with Gasteiger partial charge in [-0.25, -0.2) is 4.98 Å². The van der Waals surface area contributed by atoms with Crippen molar-refractivity contribution in [2.45, 2.75) is 34.2 Å². The van der Waals surface area contributed by atoms with Crippen LogP contribution in [-0.4, -0.2) is 38.9 Å². The number of furan rings is 1. The lowest BCUT2D eigenvalue weighted by molar-refractivity contribution is 0.0822. The number of carbonyl (C=O) groups is 1. The number of hydrogen-bond acceptors (Lipinski definition) is 4. The maximum atomic E-state index is 13.2. The number of imidazole rings is 1. The average molecular weight is 368 g/mol. The molecule has 3 heterocycles. The number of fused-ring (bicyclic) bond motifs is 1. The van der Waals surface area contributed by atoms with E-state index in [0.29, 0.717) is 6.54 Å². The number of rotatable bonds is 4. The molecule has 3 aromatic rings. The van der Waals surface area contributed by atoms with Crippen LogP contribution in [0.3, 0.4) is 0 Å². The highest BCUT2D eigenvalue weighted by Gasteiger charge is 2.19. The van der Waals surface area contributed by atoms with Crippen LogP contribution < -0.4 is 5.56 Å². The van der Waals surface area contributed by atoms with Crippen LogP contribution in [0.5, 0.6) is 0 Å². The average Bonchev–Trinajstić information content (AvgIpc) is 3.15. The normalized spacial score (nSPS) is 11.0. The number of amides is 1. The monoisotopic (exact) mass is 368 g/mol. The number of aromatic nitrogens is 3.